The molecule has 0 aromatic carbocycles. The average molecular weight is 318 g/mol. The Hall–Kier alpha value is -1.69. The van der Waals surface area contributed by atoms with Crippen molar-refractivity contribution in [2.75, 3.05) is 19.0 Å². The number of amides is 1. The molecule has 2 aromatic rings. The molecule has 110 valence electrons. The molecule has 9 nitrogen and oxygen atoms in total. The number of sulfonamides is 1. The minimum Gasteiger partial charge on any atom is -0.359 e. The molecule has 20 heavy (non-hydrogen) atoms. The second kappa shape index (κ2) is 5.75. The second-order valence-electron chi connectivity index (χ2n) is 3.79. The van der Waals surface area contributed by atoms with Gasteiger partial charge < -0.3 is 10.7 Å². The molecule has 0 fully saturated rings. The third-order valence-electron chi connectivity index (χ3n) is 2.53. The van der Waals surface area contributed by atoms with E-state index >= 15 is 0 Å². The number of imidazole rings is 1. The third-order valence-corrected chi connectivity index (χ3v) is 4.77. The van der Waals surface area contributed by atoms with Crippen LogP contribution in [0.4, 0.5) is 5.82 Å². The Morgan fingerprint density at radius 1 is 1.55 bits per heavy atom. The first-order valence-electron chi connectivity index (χ1n) is 5.62. The number of hydrogen-bond donors (Lipinski definition) is 4. The van der Waals surface area contributed by atoms with Crippen molar-refractivity contribution in [3.63, 3.8) is 0 Å². The van der Waals surface area contributed by atoms with Gasteiger partial charge in [0, 0.05) is 31.6 Å². The lowest BCUT2D eigenvalue weighted by atomic mass is 10.4. The number of fused-ring (bicyclic) bond motifs is 1. The minimum atomic E-state index is -3.83. The predicted molar refractivity (Wildman–Crippen MR) is 74.8 cm³/mol. The zero-order chi connectivity index (χ0) is 14.8. The molecule has 0 aliphatic carbocycles. The molecule has 0 aliphatic rings. The largest absolute Gasteiger partial charge is 0.359 e. The SMILES string of the molecule is CNC(=O)CCNS(=O)(=O)c1c(NN)nc2sccn12. The maximum atomic E-state index is 12.3. The van der Waals surface area contributed by atoms with Crippen LogP contribution in [0.2, 0.25) is 0 Å². The number of anilines is 1. The van der Waals surface area contributed by atoms with E-state index in [-0.39, 0.29) is 29.7 Å². The van der Waals surface area contributed by atoms with Crippen LogP contribution in [-0.2, 0) is 14.8 Å². The van der Waals surface area contributed by atoms with Crippen LogP contribution in [0.5, 0.6) is 0 Å². The van der Waals surface area contributed by atoms with E-state index in [1.54, 1.807) is 11.6 Å². The number of thiazole rings is 1. The fourth-order valence-electron chi connectivity index (χ4n) is 1.61. The number of nitrogens with two attached hydrogens (primary N) is 1. The van der Waals surface area contributed by atoms with Crippen molar-refractivity contribution in [1.29, 1.82) is 0 Å². The standard InChI is InChI=1S/C9H14N6O3S2/c1-11-6(16)2-3-12-20(17,18)8-7(14-10)13-9-15(8)4-5-19-9/h4-5,12,14H,2-3,10H2,1H3,(H,11,16). The van der Waals surface area contributed by atoms with Gasteiger partial charge >= 0.3 is 0 Å². The quantitative estimate of drug-likeness (QED) is 0.403. The van der Waals surface area contributed by atoms with E-state index in [1.807, 2.05) is 0 Å². The lowest BCUT2D eigenvalue weighted by molar-refractivity contribution is -0.120. The van der Waals surface area contributed by atoms with E-state index in [9.17, 15) is 13.2 Å². The summed E-state index contributed by atoms with van der Waals surface area (Å²) in [5, 5.41) is 4.05. The van der Waals surface area contributed by atoms with Gasteiger partial charge in [0.1, 0.15) is 0 Å². The number of nitrogen functional groups attached to an aromatic ring is 1. The highest BCUT2D eigenvalue weighted by molar-refractivity contribution is 7.89. The van der Waals surface area contributed by atoms with Crippen LogP contribution in [0.25, 0.3) is 4.96 Å². The zero-order valence-corrected chi connectivity index (χ0v) is 12.2. The van der Waals surface area contributed by atoms with Crippen LogP contribution in [0.3, 0.4) is 0 Å². The fourth-order valence-corrected chi connectivity index (χ4v) is 3.65. The molecular formula is C9H14N6O3S2. The molecule has 2 rings (SSSR count). The monoisotopic (exact) mass is 318 g/mol. The van der Waals surface area contributed by atoms with Crippen LogP contribution in [0.15, 0.2) is 16.6 Å². The molecule has 0 saturated carbocycles. The maximum Gasteiger partial charge on any atom is 0.260 e. The topological polar surface area (TPSA) is 131 Å². The number of rotatable bonds is 6. The number of hydrogen-bond acceptors (Lipinski definition) is 7. The Balaban J connectivity index is 2.26. The summed E-state index contributed by atoms with van der Waals surface area (Å²) in [6, 6.07) is 0. The summed E-state index contributed by atoms with van der Waals surface area (Å²) < 4.78 is 28.3. The van der Waals surface area contributed by atoms with Crippen LogP contribution in [-0.4, -0.2) is 37.3 Å². The van der Waals surface area contributed by atoms with Crippen molar-refractivity contribution < 1.29 is 13.2 Å². The molecule has 0 unspecified atom stereocenters. The molecule has 0 radical (unpaired) electrons. The smallest absolute Gasteiger partial charge is 0.260 e. The van der Waals surface area contributed by atoms with Crippen molar-refractivity contribution in [2.45, 2.75) is 11.4 Å². The number of carbonyl (C=O) groups excluding carboxylic acids is 1. The molecule has 2 aromatic heterocycles. The highest BCUT2D eigenvalue weighted by atomic mass is 32.2. The second-order valence-corrected chi connectivity index (χ2v) is 6.34. The van der Waals surface area contributed by atoms with Crippen LogP contribution in [0, 0.1) is 0 Å². The van der Waals surface area contributed by atoms with Crippen molar-refractivity contribution in [1.82, 2.24) is 19.4 Å². The number of hydrazine groups is 1. The lowest BCUT2D eigenvalue weighted by Gasteiger charge is -2.07. The molecule has 11 heteroatoms. The van der Waals surface area contributed by atoms with Gasteiger partial charge in [-0.25, -0.2) is 19.0 Å². The average Bonchev–Trinajstić information content (AvgIpc) is 2.97. The summed E-state index contributed by atoms with van der Waals surface area (Å²) in [5.41, 5.74) is 2.26. The van der Waals surface area contributed by atoms with E-state index in [0.29, 0.717) is 4.96 Å². The van der Waals surface area contributed by atoms with E-state index < -0.39 is 10.0 Å². The van der Waals surface area contributed by atoms with E-state index in [4.69, 9.17) is 5.84 Å². The highest BCUT2D eigenvalue weighted by Gasteiger charge is 2.25. The maximum absolute atomic E-state index is 12.3. The first-order chi connectivity index (χ1) is 9.49. The fraction of sp³-hybridized carbons (Fsp3) is 0.333. The summed E-state index contributed by atoms with van der Waals surface area (Å²) in [7, 11) is -2.34. The summed E-state index contributed by atoms with van der Waals surface area (Å²) in [4.78, 5) is 15.7. The van der Waals surface area contributed by atoms with Crippen LogP contribution < -0.4 is 21.3 Å². The van der Waals surface area contributed by atoms with Crippen molar-refractivity contribution >= 4 is 38.0 Å². The Bertz CT molecular complexity index is 719. The Morgan fingerprint density at radius 2 is 2.30 bits per heavy atom. The molecular weight excluding hydrogens is 304 g/mol. The van der Waals surface area contributed by atoms with Gasteiger partial charge in [0.2, 0.25) is 10.9 Å². The lowest BCUT2D eigenvalue weighted by Crippen LogP contribution is -2.30. The van der Waals surface area contributed by atoms with Gasteiger partial charge in [-0.2, -0.15) is 4.98 Å². The summed E-state index contributed by atoms with van der Waals surface area (Å²) >= 11 is 1.29. The normalized spacial score (nSPS) is 11.7. The number of nitrogens with zero attached hydrogens (tertiary/aromatic N) is 2. The van der Waals surface area contributed by atoms with E-state index in [0.717, 1.165) is 0 Å². The Kier molecular flexibility index (Phi) is 4.23. The predicted octanol–water partition coefficient (Wildman–Crippen LogP) is -0.904. The van der Waals surface area contributed by atoms with Gasteiger partial charge in [-0.05, 0) is 0 Å². The van der Waals surface area contributed by atoms with Crippen LogP contribution in [0.1, 0.15) is 6.42 Å². The molecule has 1 amide bonds. The summed E-state index contributed by atoms with van der Waals surface area (Å²) in [5.74, 6) is 5.10. The van der Waals surface area contributed by atoms with Crippen molar-refractivity contribution in [3.05, 3.63) is 11.6 Å². The number of carbonyl (C=O) groups is 1. The van der Waals surface area contributed by atoms with Gasteiger partial charge in [0.05, 0.1) is 0 Å². The third kappa shape index (κ3) is 2.75. The van der Waals surface area contributed by atoms with Gasteiger partial charge in [-0.3, -0.25) is 9.20 Å². The van der Waals surface area contributed by atoms with Gasteiger partial charge in [-0.1, -0.05) is 0 Å². The first-order valence-corrected chi connectivity index (χ1v) is 7.98. The molecule has 0 aliphatic heterocycles. The summed E-state index contributed by atoms with van der Waals surface area (Å²) in [6.07, 6.45) is 1.63. The van der Waals surface area contributed by atoms with E-state index in [1.165, 1.54) is 22.8 Å². The van der Waals surface area contributed by atoms with Crippen molar-refractivity contribution in [2.24, 2.45) is 5.84 Å². The Morgan fingerprint density at radius 3 is 2.95 bits per heavy atom. The summed E-state index contributed by atoms with van der Waals surface area (Å²) in [6.45, 7) is -0.0105. The molecule has 0 bridgehead atoms. The number of nitrogens with one attached hydrogen (secondary N) is 3. The number of aromatic nitrogens is 2. The molecule has 0 atom stereocenters. The van der Waals surface area contributed by atoms with Gasteiger partial charge in [-0.15, -0.1) is 11.3 Å². The Labute approximate surface area is 119 Å². The van der Waals surface area contributed by atoms with Gasteiger partial charge in [0.25, 0.3) is 10.0 Å². The zero-order valence-electron chi connectivity index (χ0n) is 10.6. The molecule has 2 heterocycles. The van der Waals surface area contributed by atoms with Crippen LogP contribution >= 0.6 is 11.3 Å². The highest BCUT2D eigenvalue weighted by Crippen LogP contribution is 2.24. The van der Waals surface area contributed by atoms with Gasteiger partial charge in [0.15, 0.2) is 10.8 Å². The first kappa shape index (κ1) is 14.7. The van der Waals surface area contributed by atoms with Crippen molar-refractivity contribution in [3.8, 4) is 0 Å². The van der Waals surface area contributed by atoms with E-state index in [2.05, 4.69) is 20.4 Å². The minimum absolute atomic E-state index is 0.0105. The molecule has 0 saturated heterocycles. The molecule has 5 N–H and O–H groups in total. The molecule has 0 spiro atoms.